The fraction of sp³-hybridized carbons (Fsp3) is 0.511. The van der Waals surface area contributed by atoms with Gasteiger partial charge in [-0.2, -0.15) is 0 Å². The van der Waals surface area contributed by atoms with Crippen molar-refractivity contribution < 1.29 is 33.8 Å². The Morgan fingerprint density at radius 2 is 1.89 bits per heavy atom. The van der Waals surface area contributed by atoms with Crippen molar-refractivity contribution >= 4 is 34.6 Å². The number of hydrogen-bond donors (Lipinski definition) is 4. The van der Waals surface area contributed by atoms with Crippen LogP contribution in [0.5, 0.6) is 5.75 Å². The molecule has 2 saturated heterocycles. The SMILES string of the molecule is CCc1ccncc1-c1c2c3cc(ccc3n1CC)-c1cc(O)cc(c1)C[C@H](NC(=O)[C@H](C(C)C)N(C)C(=O)[C@@]1(N)CCCO1)C(=O)N1CCC[C@H](N1)C(=O)OCC(C)(C)C2. The molecule has 326 valence electrons. The van der Waals surface area contributed by atoms with Crippen LogP contribution in [0.1, 0.15) is 83.9 Å². The fourth-order valence-electron chi connectivity index (χ4n) is 9.40. The lowest BCUT2D eigenvalue weighted by molar-refractivity contribution is -0.158. The molecular weight excluding hydrogens is 775 g/mol. The number of pyridine rings is 1. The molecule has 0 spiro atoms. The molecule has 5 N–H and O–H groups in total. The van der Waals surface area contributed by atoms with Gasteiger partial charge < -0.3 is 29.4 Å². The van der Waals surface area contributed by atoms with Gasteiger partial charge in [-0.25, -0.2) is 5.43 Å². The molecule has 4 aromatic rings. The van der Waals surface area contributed by atoms with Gasteiger partial charge in [-0.15, -0.1) is 0 Å². The van der Waals surface area contributed by atoms with Gasteiger partial charge in [-0.3, -0.25) is 34.9 Å². The van der Waals surface area contributed by atoms with Gasteiger partial charge in [0.15, 0.2) is 5.72 Å². The number of nitrogens with zero attached hydrogens (tertiary/aromatic N) is 4. The molecule has 2 aromatic carbocycles. The minimum atomic E-state index is -1.53. The number of phenolic OH excluding ortho intramolecular Hbond substituents is 1. The largest absolute Gasteiger partial charge is 0.508 e. The van der Waals surface area contributed by atoms with Crippen LogP contribution < -0.4 is 16.5 Å². The van der Waals surface area contributed by atoms with Crippen molar-refractivity contribution in [3.05, 3.63) is 71.5 Å². The number of nitrogens with two attached hydrogens (primary N) is 1. The highest BCUT2D eigenvalue weighted by atomic mass is 16.5. The topological polar surface area (TPSA) is 181 Å². The molecule has 14 nitrogen and oxygen atoms in total. The van der Waals surface area contributed by atoms with Gasteiger partial charge in [0.2, 0.25) is 5.91 Å². The first-order valence-corrected chi connectivity index (χ1v) is 21.7. The number of ether oxygens (including phenoxy) is 2. The number of benzene rings is 2. The smallest absolute Gasteiger partial charge is 0.324 e. The average molecular weight is 836 g/mol. The number of carbonyl (C=O) groups is 4. The third-order valence-corrected chi connectivity index (χ3v) is 12.4. The van der Waals surface area contributed by atoms with Crippen LogP contribution in [0.2, 0.25) is 0 Å². The summed E-state index contributed by atoms with van der Waals surface area (Å²) in [7, 11) is 1.53. The number of aromatic hydroxyl groups is 1. The zero-order valence-corrected chi connectivity index (χ0v) is 36.5. The number of carbonyl (C=O) groups excluding carboxylic acids is 4. The molecule has 14 heteroatoms. The number of nitrogens with one attached hydrogen (secondary N) is 2. The number of aryl methyl sites for hydroxylation is 2. The van der Waals surface area contributed by atoms with E-state index in [1.807, 2.05) is 38.4 Å². The van der Waals surface area contributed by atoms with Crippen molar-refractivity contribution in [3.8, 4) is 28.1 Å². The van der Waals surface area contributed by atoms with E-state index in [9.17, 15) is 24.3 Å². The van der Waals surface area contributed by atoms with Gasteiger partial charge in [0.25, 0.3) is 11.8 Å². The molecule has 0 unspecified atom stereocenters. The van der Waals surface area contributed by atoms with Crippen LogP contribution in [0, 0.1) is 11.3 Å². The Hall–Kier alpha value is -5.31. The molecule has 2 fully saturated rings. The van der Waals surface area contributed by atoms with Gasteiger partial charge >= 0.3 is 5.97 Å². The van der Waals surface area contributed by atoms with E-state index in [0.717, 1.165) is 45.3 Å². The van der Waals surface area contributed by atoms with Gasteiger partial charge in [0.05, 0.1) is 12.3 Å². The van der Waals surface area contributed by atoms with Crippen LogP contribution in [-0.2, 0) is 54.5 Å². The summed E-state index contributed by atoms with van der Waals surface area (Å²) in [5.74, 6) is -2.34. The number of likely N-dealkylation sites (N-methyl/N-ethyl adjacent to an activating group) is 1. The third-order valence-electron chi connectivity index (χ3n) is 12.4. The van der Waals surface area contributed by atoms with Crippen molar-refractivity contribution in [2.45, 2.75) is 117 Å². The number of cyclic esters (lactones) is 1. The Labute approximate surface area is 358 Å². The number of rotatable bonds is 8. The number of hydrogen-bond acceptors (Lipinski definition) is 10. The normalized spacial score (nSPS) is 22.5. The fourth-order valence-corrected chi connectivity index (χ4v) is 9.40. The molecule has 5 heterocycles. The van der Waals surface area contributed by atoms with Crippen molar-refractivity contribution in [1.82, 2.24) is 30.2 Å². The van der Waals surface area contributed by atoms with Crippen LogP contribution in [0.3, 0.4) is 0 Å². The lowest BCUT2D eigenvalue weighted by Crippen LogP contribution is -2.63. The van der Waals surface area contributed by atoms with Gasteiger partial charge in [0, 0.05) is 73.9 Å². The Kier molecular flexibility index (Phi) is 12.6. The molecule has 0 saturated carbocycles. The molecule has 0 radical (unpaired) electrons. The quantitative estimate of drug-likeness (QED) is 0.171. The van der Waals surface area contributed by atoms with E-state index >= 15 is 0 Å². The summed E-state index contributed by atoms with van der Waals surface area (Å²) < 4.78 is 14.0. The highest BCUT2D eigenvalue weighted by Crippen LogP contribution is 2.41. The first-order valence-electron chi connectivity index (χ1n) is 21.7. The van der Waals surface area contributed by atoms with Crippen molar-refractivity contribution in [1.29, 1.82) is 0 Å². The lowest BCUT2D eigenvalue weighted by Gasteiger charge is -2.37. The molecule has 6 bridgehead atoms. The molecule has 61 heavy (non-hydrogen) atoms. The molecule has 3 amide bonds. The Morgan fingerprint density at radius 3 is 2.59 bits per heavy atom. The van der Waals surface area contributed by atoms with E-state index in [4.69, 9.17) is 15.2 Å². The van der Waals surface area contributed by atoms with Crippen LogP contribution in [0.25, 0.3) is 33.3 Å². The van der Waals surface area contributed by atoms with E-state index in [-0.39, 0.29) is 24.7 Å². The molecule has 3 aliphatic heterocycles. The summed E-state index contributed by atoms with van der Waals surface area (Å²) in [6, 6.07) is 10.7. The minimum Gasteiger partial charge on any atom is -0.508 e. The van der Waals surface area contributed by atoms with Crippen molar-refractivity contribution in [2.75, 3.05) is 26.8 Å². The van der Waals surface area contributed by atoms with Gasteiger partial charge in [-0.05, 0) is 103 Å². The third kappa shape index (κ3) is 8.89. The zero-order chi connectivity index (χ0) is 43.8. The monoisotopic (exact) mass is 835 g/mol. The first-order chi connectivity index (χ1) is 29.0. The highest BCUT2D eigenvalue weighted by Gasteiger charge is 2.45. The maximum Gasteiger partial charge on any atom is 0.324 e. The van der Waals surface area contributed by atoms with Crippen molar-refractivity contribution in [2.24, 2.45) is 17.1 Å². The number of hydrazine groups is 1. The summed E-state index contributed by atoms with van der Waals surface area (Å²) in [4.78, 5) is 62.3. The second-order valence-electron chi connectivity index (χ2n) is 18.1. The van der Waals surface area contributed by atoms with E-state index < -0.39 is 53.0 Å². The minimum absolute atomic E-state index is 0.00440. The predicted octanol–water partition coefficient (Wildman–Crippen LogP) is 5.26. The maximum absolute atomic E-state index is 14.6. The summed E-state index contributed by atoms with van der Waals surface area (Å²) in [5.41, 5.74) is 15.1. The van der Waals surface area contributed by atoms with Gasteiger partial charge in [0.1, 0.15) is 23.9 Å². The van der Waals surface area contributed by atoms with E-state index in [1.54, 1.807) is 12.1 Å². The van der Waals surface area contributed by atoms with Crippen LogP contribution in [-0.4, -0.2) is 98.9 Å². The second-order valence-corrected chi connectivity index (χ2v) is 18.1. The van der Waals surface area contributed by atoms with Crippen molar-refractivity contribution in [3.63, 3.8) is 0 Å². The van der Waals surface area contributed by atoms with Crippen LogP contribution in [0.15, 0.2) is 54.9 Å². The highest BCUT2D eigenvalue weighted by molar-refractivity contribution is 5.96. The first kappa shape index (κ1) is 43.8. The summed E-state index contributed by atoms with van der Waals surface area (Å²) in [5, 5.41) is 16.6. The molecule has 7 rings (SSSR count). The Balaban J connectivity index is 1.33. The molecule has 2 aromatic heterocycles. The maximum atomic E-state index is 14.6. The molecular formula is C47H61N7O7. The number of phenols is 1. The summed E-state index contributed by atoms with van der Waals surface area (Å²) in [6.07, 6.45) is 7.11. The average Bonchev–Trinajstić information content (AvgIpc) is 3.82. The Bertz CT molecular complexity index is 2310. The number of esters is 1. The van der Waals surface area contributed by atoms with E-state index in [1.165, 1.54) is 22.5 Å². The number of aromatic nitrogens is 2. The molecule has 4 atom stereocenters. The lowest BCUT2D eigenvalue weighted by atomic mass is 9.84. The summed E-state index contributed by atoms with van der Waals surface area (Å²) in [6.45, 7) is 13.6. The molecule has 0 aliphatic carbocycles. The Morgan fingerprint density at radius 1 is 1.10 bits per heavy atom. The summed E-state index contributed by atoms with van der Waals surface area (Å²) >= 11 is 0. The molecule has 3 aliphatic rings. The van der Waals surface area contributed by atoms with Gasteiger partial charge in [-0.1, -0.05) is 46.8 Å². The zero-order valence-electron chi connectivity index (χ0n) is 36.5. The van der Waals surface area contributed by atoms with Crippen LogP contribution >= 0.6 is 0 Å². The number of amides is 3. The van der Waals surface area contributed by atoms with Crippen LogP contribution in [0.4, 0.5) is 0 Å². The number of fused-ring (bicyclic) bond motifs is 6. The standard InChI is InChI=1S/C47H61N7O7/c1-8-30-15-17-49-26-36(30)41-35-25-46(5,6)27-60-44(58)37-12-10-18-54(51-37)43(57)38(50-42(56)40(28(3)4)52(7)45(59)47(48)16-11-19-61-47)22-29-20-32(23-33(55)21-29)31-13-14-39(34(35)24-31)53(41)9-2/h13-15,17,20-21,23-24,26,28,37-38,40,51,55H,8-12,16,18-19,22,25,27,48H2,1-7H3,(H,50,56)/t37-,38-,40-,47+/m0/s1. The second kappa shape index (κ2) is 17.6. The van der Waals surface area contributed by atoms with E-state index in [2.05, 4.69) is 66.2 Å². The predicted molar refractivity (Wildman–Crippen MR) is 233 cm³/mol. The van der Waals surface area contributed by atoms with E-state index in [0.29, 0.717) is 57.4 Å².